The number of nitrogens with zero attached hydrogens (tertiary/aromatic N) is 2. The van der Waals surface area contributed by atoms with Crippen molar-refractivity contribution >= 4 is 45.5 Å². The van der Waals surface area contributed by atoms with Crippen LogP contribution in [-0.4, -0.2) is 14.5 Å². The maximum Gasteiger partial charge on any atom is 0.270 e. The minimum Gasteiger partial charge on any atom is -0.305 e. The average Bonchev–Trinajstić information content (AvgIpc) is 2.93. The van der Waals surface area contributed by atoms with Crippen LogP contribution in [0, 0.1) is 3.95 Å². The van der Waals surface area contributed by atoms with Crippen molar-refractivity contribution < 1.29 is 0 Å². The summed E-state index contributed by atoms with van der Waals surface area (Å²) in [6.07, 6.45) is 0. The molecule has 4 rings (SSSR count). The van der Waals surface area contributed by atoms with Crippen molar-refractivity contribution in [3.8, 4) is 17.1 Å². The molecule has 0 amide bonds. The standard InChI is InChI=1S/C17H10ClN3OS2/c18-12-9-5-4-8-11(12)14-19-15-13(16(22)20-14)24-17(23)21(15)10-6-2-1-3-7-10/h1-9H,(H,19,20,22). The summed E-state index contributed by atoms with van der Waals surface area (Å²) in [6.45, 7) is 0. The molecule has 2 heterocycles. The van der Waals surface area contributed by atoms with Gasteiger partial charge in [0.1, 0.15) is 10.5 Å². The van der Waals surface area contributed by atoms with E-state index in [9.17, 15) is 4.79 Å². The number of rotatable bonds is 2. The molecule has 2 aromatic heterocycles. The van der Waals surface area contributed by atoms with Crippen LogP contribution < -0.4 is 5.56 Å². The van der Waals surface area contributed by atoms with Crippen LogP contribution in [0.2, 0.25) is 5.02 Å². The van der Waals surface area contributed by atoms with Gasteiger partial charge in [-0.25, -0.2) is 4.98 Å². The van der Waals surface area contributed by atoms with E-state index in [0.29, 0.717) is 30.7 Å². The molecule has 0 aliphatic rings. The first kappa shape index (κ1) is 15.3. The van der Waals surface area contributed by atoms with Gasteiger partial charge in [0.25, 0.3) is 5.56 Å². The van der Waals surface area contributed by atoms with E-state index in [4.69, 9.17) is 23.8 Å². The molecule has 0 fully saturated rings. The summed E-state index contributed by atoms with van der Waals surface area (Å²) < 4.78 is 2.88. The normalized spacial score (nSPS) is 11.0. The molecule has 7 heteroatoms. The Hall–Kier alpha value is -2.28. The molecule has 4 aromatic rings. The lowest BCUT2D eigenvalue weighted by Gasteiger charge is -2.06. The number of aromatic nitrogens is 3. The van der Waals surface area contributed by atoms with E-state index in [2.05, 4.69) is 9.97 Å². The van der Waals surface area contributed by atoms with Crippen molar-refractivity contribution in [3.05, 3.63) is 73.9 Å². The summed E-state index contributed by atoms with van der Waals surface area (Å²) >= 11 is 12.9. The van der Waals surface area contributed by atoms with Crippen molar-refractivity contribution in [2.24, 2.45) is 0 Å². The van der Waals surface area contributed by atoms with Gasteiger partial charge < -0.3 is 4.98 Å². The highest BCUT2D eigenvalue weighted by atomic mass is 35.5. The van der Waals surface area contributed by atoms with Gasteiger partial charge in [-0.2, -0.15) is 0 Å². The molecule has 1 N–H and O–H groups in total. The zero-order valence-electron chi connectivity index (χ0n) is 12.2. The van der Waals surface area contributed by atoms with E-state index in [1.807, 2.05) is 53.1 Å². The first-order valence-corrected chi connectivity index (χ1v) is 8.71. The van der Waals surface area contributed by atoms with E-state index in [-0.39, 0.29) is 5.56 Å². The lowest BCUT2D eigenvalue weighted by Crippen LogP contribution is -2.09. The molecule has 0 bridgehead atoms. The molecule has 0 atom stereocenters. The van der Waals surface area contributed by atoms with Gasteiger partial charge in [-0.15, -0.1) is 0 Å². The van der Waals surface area contributed by atoms with Crippen molar-refractivity contribution in [3.63, 3.8) is 0 Å². The third-order valence-corrected chi connectivity index (χ3v) is 5.28. The van der Waals surface area contributed by atoms with Gasteiger partial charge in [0.05, 0.1) is 5.02 Å². The second-order valence-electron chi connectivity index (χ2n) is 5.09. The van der Waals surface area contributed by atoms with Crippen LogP contribution in [0.5, 0.6) is 0 Å². The molecule has 0 saturated heterocycles. The summed E-state index contributed by atoms with van der Waals surface area (Å²) in [5.41, 5.74) is 1.86. The van der Waals surface area contributed by atoms with Crippen molar-refractivity contribution in [1.82, 2.24) is 14.5 Å². The molecular weight excluding hydrogens is 362 g/mol. The number of aromatic amines is 1. The lowest BCUT2D eigenvalue weighted by molar-refractivity contribution is 1.06. The predicted octanol–water partition coefficient (Wildman–Crippen LogP) is 4.83. The number of fused-ring (bicyclic) bond motifs is 1. The summed E-state index contributed by atoms with van der Waals surface area (Å²) in [4.78, 5) is 19.9. The van der Waals surface area contributed by atoms with Crippen LogP contribution in [0.3, 0.4) is 0 Å². The van der Waals surface area contributed by atoms with E-state index >= 15 is 0 Å². The minimum absolute atomic E-state index is 0.222. The topological polar surface area (TPSA) is 50.7 Å². The van der Waals surface area contributed by atoms with Gasteiger partial charge in [0.2, 0.25) is 0 Å². The highest BCUT2D eigenvalue weighted by molar-refractivity contribution is 7.73. The van der Waals surface area contributed by atoms with Crippen LogP contribution in [0.1, 0.15) is 0 Å². The molecule has 0 radical (unpaired) electrons. The Bertz CT molecular complexity index is 1160. The zero-order chi connectivity index (χ0) is 16.7. The second kappa shape index (κ2) is 5.98. The maximum atomic E-state index is 12.5. The van der Waals surface area contributed by atoms with E-state index in [1.54, 1.807) is 6.07 Å². The maximum absolute atomic E-state index is 12.5. The van der Waals surface area contributed by atoms with Gasteiger partial charge in [0, 0.05) is 11.3 Å². The number of para-hydroxylation sites is 1. The van der Waals surface area contributed by atoms with Gasteiger partial charge in [-0.1, -0.05) is 53.3 Å². The van der Waals surface area contributed by atoms with Crippen LogP contribution in [0.25, 0.3) is 27.4 Å². The first-order chi connectivity index (χ1) is 11.6. The molecule has 2 aromatic carbocycles. The fraction of sp³-hybridized carbons (Fsp3) is 0. The fourth-order valence-corrected chi connectivity index (χ4v) is 4.00. The number of benzene rings is 2. The van der Waals surface area contributed by atoms with Crippen molar-refractivity contribution in [2.45, 2.75) is 0 Å². The number of halogens is 1. The van der Waals surface area contributed by atoms with Crippen molar-refractivity contribution in [1.29, 1.82) is 0 Å². The Balaban J connectivity index is 2.07. The number of hydrogen-bond acceptors (Lipinski definition) is 4. The number of nitrogens with one attached hydrogen (secondary N) is 1. The first-order valence-electron chi connectivity index (χ1n) is 7.11. The minimum atomic E-state index is -0.222. The molecule has 118 valence electrons. The summed E-state index contributed by atoms with van der Waals surface area (Å²) in [7, 11) is 0. The van der Waals surface area contributed by atoms with E-state index in [0.717, 1.165) is 5.69 Å². The van der Waals surface area contributed by atoms with Gasteiger partial charge in [-0.3, -0.25) is 9.36 Å². The number of thiazole rings is 1. The molecular formula is C17H10ClN3OS2. The van der Waals surface area contributed by atoms with Crippen LogP contribution in [-0.2, 0) is 0 Å². The SMILES string of the molecule is O=c1[nH]c(-c2ccccc2Cl)nc2c1sc(=S)n2-c1ccccc1. The van der Waals surface area contributed by atoms with E-state index in [1.165, 1.54) is 11.3 Å². The number of H-pyrrole nitrogens is 1. The fourth-order valence-electron chi connectivity index (χ4n) is 2.50. The highest BCUT2D eigenvalue weighted by Gasteiger charge is 2.15. The largest absolute Gasteiger partial charge is 0.305 e. The monoisotopic (exact) mass is 371 g/mol. The summed E-state index contributed by atoms with van der Waals surface area (Å²) in [5, 5.41) is 0.528. The molecule has 0 unspecified atom stereocenters. The third-order valence-electron chi connectivity index (χ3n) is 3.59. The van der Waals surface area contributed by atoms with Crippen molar-refractivity contribution in [2.75, 3.05) is 0 Å². The number of hydrogen-bond donors (Lipinski definition) is 1. The van der Waals surface area contributed by atoms with Crippen LogP contribution in [0.4, 0.5) is 0 Å². The summed E-state index contributed by atoms with van der Waals surface area (Å²) in [5.74, 6) is 0.426. The Kier molecular flexibility index (Phi) is 3.80. The molecule has 0 aliphatic heterocycles. The second-order valence-corrected chi connectivity index (χ2v) is 7.14. The Morgan fingerprint density at radius 2 is 1.79 bits per heavy atom. The quantitative estimate of drug-likeness (QED) is 0.514. The Morgan fingerprint density at radius 1 is 1.08 bits per heavy atom. The predicted molar refractivity (Wildman–Crippen MR) is 101 cm³/mol. The van der Waals surface area contributed by atoms with E-state index < -0.39 is 0 Å². The molecule has 0 aliphatic carbocycles. The van der Waals surface area contributed by atoms with Gasteiger partial charge in [0.15, 0.2) is 9.60 Å². The summed E-state index contributed by atoms with van der Waals surface area (Å²) in [6, 6.07) is 16.9. The highest BCUT2D eigenvalue weighted by Crippen LogP contribution is 2.27. The van der Waals surface area contributed by atoms with Gasteiger partial charge >= 0.3 is 0 Å². The Morgan fingerprint density at radius 3 is 2.54 bits per heavy atom. The molecule has 4 nitrogen and oxygen atoms in total. The van der Waals surface area contributed by atoms with Crippen LogP contribution >= 0.6 is 35.2 Å². The smallest absolute Gasteiger partial charge is 0.270 e. The molecule has 0 spiro atoms. The van der Waals surface area contributed by atoms with Crippen LogP contribution in [0.15, 0.2) is 59.4 Å². The Labute approximate surface area is 151 Å². The van der Waals surface area contributed by atoms with Gasteiger partial charge in [-0.05, 0) is 36.5 Å². The zero-order valence-corrected chi connectivity index (χ0v) is 14.6. The average molecular weight is 372 g/mol. The molecule has 0 saturated carbocycles. The third kappa shape index (κ3) is 2.49. The molecule has 24 heavy (non-hydrogen) atoms. The lowest BCUT2D eigenvalue weighted by atomic mass is 10.2.